The summed E-state index contributed by atoms with van der Waals surface area (Å²) in [7, 11) is 4.02. The predicted octanol–water partition coefficient (Wildman–Crippen LogP) is 5.54. The molecule has 1 atom stereocenters. The van der Waals surface area contributed by atoms with Crippen molar-refractivity contribution < 1.29 is 4.79 Å². The zero-order valence-corrected chi connectivity index (χ0v) is 17.8. The normalized spacial score (nSPS) is 19.2. The molecule has 0 spiro atoms. The van der Waals surface area contributed by atoms with Gasteiger partial charge in [0.15, 0.2) is 0 Å². The number of para-hydroxylation sites is 1. The number of allylic oxidation sites excluding steroid dienone is 2. The lowest BCUT2D eigenvalue weighted by Gasteiger charge is -2.31. The van der Waals surface area contributed by atoms with Crippen molar-refractivity contribution in [1.29, 1.82) is 0 Å². The van der Waals surface area contributed by atoms with Crippen molar-refractivity contribution >= 4 is 17.3 Å². The molecule has 0 bridgehead atoms. The summed E-state index contributed by atoms with van der Waals surface area (Å²) in [5.41, 5.74) is 4.91. The van der Waals surface area contributed by atoms with Gasteiger partial charge in [-0.2, -0.15) is 0 Å². The van der Waals surface area contributed by atoms with Crippen molar-refractivity contribution in [3.63, 3.8) is 0 Å². The van der Waals surface area contributed by atoms with Crippen LogP contribution in [0.5, 0.6) is 0 Å². The number of nitrogens with zero attached hydrogens (tertiary/aromatic N) is 1. The van der Waals surface area contributed by atoms with Gasteiger partial charge in [0, 0.05) is 31.0 Å². The number of fused-ring (bicyclic) bond motifs is 1. The molecule has 1 aliphatic heterocycles. The van der Waals surface area contributed by atoms with E-state index in [9.17, 15) is 4.79 Å². The molecule has 0 aliphatic carbocycles. The van der Waals surface area contributed by atoms with Gasteiger partial charge in [0.05, 0.1) is 0 Å². The third kappa shape index (κ3) is 3.15. The van der Waals surface area contributed by atoms with Crippen LogP contribution in [0.4, 0.5) is 11.4 Å². The van der Waals surface area contributed by atoms with Crippen molar-refractivity contribution in [2.45, 2.75) is 33.1 Å². The number of rotatable bonds is 4. The molecule has 0 aromatic heterocycles. The van der Waals surface area contributed by atoms with Crippen LogP contribution in [0.3, 0.4) is 0 Å². The van der Waals surface area contributed by atoms with Gasteiger partial charge in [0.2, 0.25) is 5.91 Å². The van der Waals surface area contributed by atoms with Crippen LogP contribution in [0, 0.1) is 5.41 Å². The van der Waals surface area contributed by atoms with Crippen molar-refractivity contribution in [2.75, 3.05) is 24.3 Å². The number of carbonyl (C=O) groups excluding carboxylic acids is 1. The Morgan fingerprint density at radius 3 is 2.25 bits per heavy atom. The molecule has 0 fully saturated rings. The molecule has 28 heavy (non-hydrogen) atoms. The average molecular weight is 375 g/mol. The number of hydrogen-bond acceptors (Lipinski definition) is 2. The minimum absolute atomic E-state index is 0.00745. The minimum Gasteiger partial charge on any atom is -0.378 e. The van der Waals surface area contributed by atoms with Crippen molar-refractivity contribution in [1.82, 2.24) is 0 Å². The Morgan fingerprint density at radius 2 is 1.68 bits per heavy atom. The van der Waals surface area contributed by atoms with E-state index in [0.717, 1.165) is 28.1 Å². The van der Waals surface area contributed by atoms with Crippen LogP contribution in [0.1, 0.15) is 38.8 Å². The molecule has 0 saturated carbocycles. The Labute approximate surface area is 168 Å². The average Bonchev–Trinajstić information content (AvgIpc) is 2.93. The summed E-state index contributed by atoms with van der Waals surface area (Å²) in [6, 6.07) is 16.1. The fourth-order valence-electron chi connectivity index (χ4n) is 3.64. The van der Waals surface area contributed by atoms with Gasteiger partial charge in [-0.05, 0) is 41.7 Å². The molecule has 0 radical (unpaired) electrons. The van der Waals surface area contributed by atoms with Crippen molar-refractivity contribution in [2.24, 2.45) is 5.41 Å². The lowest BCUT2D eigenvalue weighted by molar-refractivity contribution is -0.118. The van der Waals surface area contributed by atoms with Gasteiger partial charge in [0.25, 0.3) is 0 Å². The molecule has 1 unspecified atom stereocenters. The van der Waals surface area contributed by atoms with E-state index in [0.29, 0.717) is 0 Å². The van der Waals surface area contributed by atoms with E-state index in [1.54, 1.807) is 0 Å². The number of amides is 1. The maximum atomic E-state index is 13.4. The summed E-state index contributed by atoms with van der Waals surface area (Å²) < 4.78 is 0. The zero-order valence-electron chi connectivity index (χ0n) is 17.8. The first-order chi connectivity index (χ1) is 13.1. The minimum atomic E-state index is -0.923. The first-order valence-electron chi connectivity index (χ1n) is 9.65. The Kier molecular flexibility index (Phi) is 4.97. The zero-order chi connectivity index (χ0) is 20.7. The highest BCUT2D eigenvalue weighted by atomic mass is 16.2. The largest absolute Gasteiger partial charge is 0.378 e. The molecule has 1 N–H and O–H groups in total. The molecule has 1 heterocycles. The molecule has 146 valence electrons. The first-order valence-corrected chi connectivity index (χ1v) is 9.65. The Balaban J connectivity index is 2.24. The highest BCUT2D eigenvalue weighted by Crippen LogP contribution is 2.48. The van der Waals surface area contributed by atoms with Crippen LogP contribution < -0.4 is 10.2 Å². The van der Waals surface area contributed by atoms with Crippen LogP contribution in [-0.4, -0.2) is 20.0 Å². The van der Waals surface area contributed by atoms with E-state index in [4.69, 9.17) is 0 Å². The fraction of sp³-hybridized carbons (Fsp3) is 0.320. The maximum absolute atomic E-state index is 13.4. The van der Waals surface area contributed by atoms with Crippen LogP contribution in [-0.2, 0) is 10.2 Å². The standard InChI is InChI=1S/C25H30N2O/c1-17(24(3,4)5)16-18(2)25(19-12-14-20(15-13-19)27(6)7)21-10-8-9-11-22(21)26-23(25)28/h8-16H,2H2,1,3-7H3,(H,26,28)/b17-16+. The SMILES string of the molecule is C=C(/C=C(\C)C(C)(C)C)C1(c2ccc(N(C)C)cc2)C(=O)Nc2ccccc21. The molecule has 3 nitrogen and oxygen atoms in total. The number of hydrogen-bond donors (Lipinski definition) is 1. The topological polar surface area (TPSA) is 32.3 Å². The molecule has 1 amide bonds. The quantitative estimate of drug-likeness (QED) is 0.713. The second-order valence-electron chi connectivity index (χ2n) is 8.79. The number of anilines is 2. The van der Waals surface area contributed by atoms with Crippen LogP contribution in [0.2, 0.25) is 0 Å². The molecular weight excluding hydrogens is 344 g/mol. The summed E-state index contributed by atoms with van der Waals surface area (Å²) >= 11 is 0. The molecule has 2 aromatic carbocycles. The third-order valence-electron chi connectivity index (χ3n) is 5.79. The van der Waals surface area contributed by atoms with E-state index >= 15 is 0 Å². The molecule has 3 heteroatoms. The van der Waals surface area contributed by atoms with Gasteiger partial charge in [-0.1, -0.05) is 69.3 Å². The molecule has 3 rings (SSSR count). The monoisotopic (exact) mass is 374 g/mol. The summed E-state index contributed by atoms with van der Waals surface area (Å²) in [4.78, 5) is 15.5. The number of carbonyl (C=O) groups is 1. The van der Waals surface area contributed by atoms with Gasteiger partial charge in [-0.25, -0.2) is 0 Å². The van der Waals surface area contributed by atoms with Gasteiger partial charge in [-0.15, -0.1) is 0 Å². The lowest BCUT2D eigenvalue weighted by Crippen LogP contribution is -2.37. The maximum Gasteiger partial charge on any atom is 0.244 e. The Hall–Kier alpha value is -2.81. The van der Waals surface area contributed by atoms with E-state index in [-0.39, 0.29) is 11.3 Å². The van der Waals surface area contributed by atoms with Crippen molar-refractivity contribution in [3.8, 4) is 0 Å². The fourth-order valence-corrected chi connectivity index (χ4v) is 3.64. The third-order valence-corrected chi connectivity index (χ3v) is 5.79. The molecule has 2 aromatic rings. The number of benzene rings is 2. The predicted molar refractivity (Wildman–Crippen MR) is 119 cm³/mol. The summed E-state index contributed by atoms with van der Waals surface area (Å²) in [6.07, 6.45) is 2.08. The van der Waals surface area contributed by atoms with Gasteiger partial charge < -0.3 is 10.2 Å². The second-order valence-corrected chi connectivity index (χ2v) is 8.79. The first kappa shape index (κ1) is 19.9. The van der Waals surface area contributed by atoms with Gasteiger partial charge >= 0.3 is 0 Å². The van der Waals surface area contributed by atoms with E-state index < -0.39 is 5.41 Å². The lowest BCUT2D eigenvalue weighted by atomic mass is 9.69. The van der Waals surface area contributed by atoms with Crippen LogP contribution in [0.15, 0.2) is 72.3 Å². The molecular formula is C25H30N2O. The molecule has 1 aliphatic rings. The summed E-state index contributed by atoms with van der Waals surface area (Å²) in [6.45, 7) is 13.0. The summed E-state index contributed by atoms with van der Waals surface area (Å²) in [5, 5.41) is 3.08. The van der Waals surface area contributed by atoms with Crippen LogP contribution in [0.25, 0.3) is 0 Å². The highest BCUT2D eigenvalue weighted by molar-refractivity contribution is 6.11. The van der Waals surface area contributed by atoms with Gasteiger partial charge in [0.1, 0.15) is 5.41 Å². The van der Waals surface area contributed by atoms with Crippen molar-refractivity contribution in [3.05, 3.63) is 83.5 Å². The van der Waals surface area contributed by atoms with E-state index in [2.05, 4.69) is 62.7 Å². The number of nitrogens with one attached hydrogen (secondary N) is 1. The van der Waals surface area contributed by atoms with E-state index in [1.807, 2.05) is 50.5 Å². The second kappa shape index (κ2) is 6.97. The van der Waals surface area contributed by atoms with Crippen LogP contribution >= 0.6 is 0 Å². The Morgan fingerprint density at radius 1 is 1.07 bits per heavy atom. The molecule has 0 saturated heterocycles. The summed E-state index contributed by atoms with van der Waals surface area (Å²) in [5.74, 6) is -0.0470. The van der Waals surface area contributed by atoms with E-state index in [1.165, 1.54) is 5.57 Å². The van der Waals surface area contributed by atoms with Gasteiger partial charge in [-0.3, -0.25) is 4.79 Å². The highest BCUT2D eigenvalue weighted by Gasteiger charge is 2.49. The Bertz CT molecular complexity index is 945. The smallest absolute Gasteiger partial charge is 0.244 e.